The molecule has 1 aliphatic heterocycles. The van der Waals surface area contributed by atoms with Crippen molar-refractivity contribution in [3.05, 3.63) is 40.4 Å². The molecule has 1 fully saturated rings. The molecule has 2 amide bonds. The third kappa shape index (κ3) is 10.2. The van der Waals surface area contributed by atoms with Crippen LogP contribution in [0.15, 0.2) is 24.8 Å². The van der Waals surface area contributed by atoms with Gasteiger partial charge in [0.1, 0.15) is 24.1 Å². The second-order valence-electron chi connectivity index (χ2n) is 11.4. The van der Waals surface area contributed by atoms with Gasteiger partial charge in [-0.05, 0) is 66.4 Å². The van der Waals surface area contributed by atoms with Crippen molar-refractivity contribution in [3.63, 3.8) is 0 Å². The number of piperidine rings is 1. The number of rotatable bonds is 10. The number of aliphatic hydroxyl groups excluding tert-OH is 1. The second kappa shape index (κ2) is 14.2. The van der Waals surface area contributed by atoms with Crippen molar-refractivity contribution >= 4 is 46.2 Å². The molecule has 0 bridgehead atoms. The lowest BCUT2D eigenvalue weighted by molar-refractivity contribution is -0.141. The smallest absolute Gasteiger partial charge is 0.407 e. The third-order valence-electron chi connectivity index (χ3n) is 5.98. The summed E-state index contributed by atoms with van der Waals surface area (Å²) in [7, 11) is -1.41. The zero-order valence-corrected chi connectivity index (χ0v) is 25.8. The summed E-state index contributed by atoms with van der Waals surface area (Å²) < 4.78 is 27.0. The Bertz CT molecular complexity index is 1050. The molecule has 0 aromatic heterocycles. The number of aliphatic hydroxyl groups is 1. The van der Waals surface area contributed by atoms with Crippen molar-refractivity contribution in [2.75, 3.05) is 26.2 Å². The molecule has 12 heteroatoms. The van der Waals surface area contributed by atoms with E-state index in [2.05, 4.69) is 16.6 Å². The van der Waals surface area contributed by atoms with Crippen LogP contribution in [0.3, 0.4) is 0 Å². The number of likely N-dealkylation sites (tertiary alicyclic amines) is 1. The fourth-order valence-corrected chi connectivity index (χ4v) is 5.24. The highest BCUT2D eigenvalue weighted by Crippen LogP contribution is 2.40. The Morgan fingerprint density at radius 3 is 2.31 bits per heavy atom. The molecular formula is C27H41Cl2N3O6S. The average molecular weight is 607 g/mol. The van der Waals surface area contributed by atoms with Gasteiger partial charge in [-0.15, -0.1) is 0 Å². The van der Waals surface area contributed by atoms with Gasteiger partial charge in [0, 0.05) is 24.7 Å². The Hall–Kier alpha value is -1.85. The highest BCUT2D eigenvalue weighted by molar-refractivity contribution is 7.84. The molecule has 220 valence electrons. The Kier molecular flexibility index (Phi) is 12.1. The third-order valence-corrected chi connectivity index (χ3v) is 8.28. The highest BCUT2D eigenvalue weighted by Gasteiger charge is 2.35. The fourth-order valence-electron chi connectivity index (χ4n) is 4.01. The van der Waals surface area contributed by atoms with E-state index in [1.807, 2.05) is 20.8 Å². The van der Waals surface area contributed by atoms with Crippen LogP contribution < -0.4 is 14.8 Å². The van der Waals surface area contributed by atoms with Crippen LogP contribution in [-0.4, -0.2) is 68.9 Å². The SMILES string of the molecule is C=CCOc1cc(Cl)c(Cl)cc1[C@H](N[S@@](=O)C(C)(C)C)C1CCN(C(=O)C(O)CNC(=O)OC(C)(C)C)CC1. The number of nitrogens with zero attached hydrogens (tertiary/aromatic N) is 1. The number of carbonyl (C=O) groups excluding carboxylic acids is 2. The predicted molar refractivity (Wildman–Crippen MR) is 155 cm³/mol. The van der Waals surface area contributed by atoms with Gasteiger partial charge in [0.25, 0.3) is 5.91 Å². The van der Waals surface area contributed by atoms with Gasteiger partial charge in [-0.25, -0.2) is 13.7 Å². The van der Waals surface area contributed by atoms with E-state index in [1.54, 1.807) is 43.9 Å². The quantitative estimate of drug-likeness (QED) is 0.331. The molecule has 1 unspecified atom stereocenters. The highest BCUT2D eigenvalue weighted by atomic mass is 35.5. The minimum Gasteiger partial charge on any atom is -0.489 e. The lowest BCUT2D eigenvalue weighted by Crippen LogP contribution is -2.49. The minimum absolute atomic E-state index is 0.0271. The van der Waals surface area contributed by atoms with Crippen molar-refractivity contribution in [2.24, 2.45) is 5.92 Å². The molecule has 1 heterocycles. The van der Waals surface area contributed by atoms with E-state index in [0.29, 0.717) is 41.7 Å². The number of amides is 2. The van der Waals surface area contributed by atoms with Crippen molar-refractivity contribution in [2.45, 2.75) is 76.9 Å². The van der Waals surface area contributed by atoms with E-state index in [4.69, 9.17) is 32.7 Å². The molecule has 39 heavy (non-hydrogen) atoms. The summed E-state index contributed by atoms with van der Waals surface area (Å²) in [5.74, 6) is 0.00684. The Balaban J connectivity index is 2.18. The maximum atomic E-state index is 13.2. The Morgan fingerprint density at radius 2 is 1.77 bits per heavy atom. The van der Waals surface area contributed by atoms with Crippen LogP contribution in [-0.2, 0) is 20.5 Å². The zero-order valence-electron chi connectivity index (χ0n) is 23.5. The Labute approximate surface area is 244 Å². The normalized spacial score (nSPS) is 17.2. The number of hydrogen-bond donors (Lipinski definition) is 3. The number of halogens is 2. The van der Waals surface area contributed by atoms with Crippen molar-refractivity contribution in [1.29, 1.82) is 0 Å². The average Bonchev–Trinajstić information content (AvgIpc) is 2.84. The van der Waals surface area contributed by atoms with Gasteiger partial charge >= 0.3 is 6.09 Å². The van der Waals surface area contributed by atoms with Gasteiger partial charge in [0.2, 0.25) is 0 Å². The van der Waals surface area contributed by atoms with Gasteiger partial charge in [0.15, 0.2) is 0 Å². The van der Waals surface area contributed by atoms with Gasteiger partial charge < -0.3 is 24.8 Å². The van der Waals surface area contributed by atoms with Crippen LogP contribution in [0.4, 0.5) is 4.79 Å². The molecule has 3 N–H and O–H groups in total. The summed E-state index contributed by atoms with van der Waals surface area (Å²) in [6, 6.07) is 2.96. The topological polar surface area (TPSA) is 117 Å². The van der Waals surface area contributed by atoms with Gasteiger partial charge in [-0.3, -0.25) is 4.79 Å². The number of ether oxygens (including phenoxy) is 2. The molecule has 1 aromatic carbocycles. The Morgan fingerprint density at radius 1 is 1.18 bits per heavy atom. The van der Waals surface area contributed by atoms with Crippen LogP contribution in [0.25, 0.3) is 0 Å². The first-order valence-corrected chi connectivity index (χ1v) is 14.8. The summed E-state index contributed by atoms with van der Waals surface area (Å²) in [6.45, 7) is 15.3. The molecule has 1 saturated heterocycles. The number of nitrogens with one attached hydrogen (secondary N) is 2. The zero-order chi connectivity index (χ0) is 29.5. The number of carbonyl (C=O) groups is 2. The van der Waals surface area contributed by atoms with E-state index in [0.717, 1.165) is 5.56 Å². The lowest BCUT2D eigenvalue weighted by atomic mass is 9.85. The summed E-state index contributed by atoms with van der Waals surface area (Å²) >= 11 is 12.7. The fraction of sp³-hybridized carbons (Fsp3) is 0.630. The monoisotopic (exact) mass is 605 g/mol. The predicted octanol–water partition coefficient (Wildman–Crippen LogP) is 4.78. The molecule has 2 rings (SSSR count). The summed E-state index contributed by atoms with van der Waals surface area (Å²) in [6.07, 6.45) is 0.654. The molecular weight excluding hydrogens is 565 g/mol. The van der Waals surface area contributed by atoms with E-state index in [9.17, 15) is 18.9 Å². The summed E-state index contributed by atoms with van der Waals surface area (Å²) in [5, 5.41) is 13.5. The molecule has 0 aliphatic carbocycles. The van der Waals surface area contributed by atoms with E-state index >= 15 is 0 Å². The molecule has 0 saturated carbocycles. The number of alkyl carbamates (subject to hydrolysis) is 1. The van der Waals surface area contributed by atoms with Crippen LogP contribution >= 0.6 is 23.2 Å². The molecule has 0 radical (unpaired) electrons. The van der Waals surface area contributed by atoms with Crippen molar-refractivity contribution in [3.8, 4) is 5.75 Å². The van der Waals surface area contributed by atoms with Crippen molar-refractivity contribution in [1.82, 2.24) is 14.9 Å². The van der Waals surface area contributed by atoms with E-state index in [-0.39, 0.29) is 19.1 Å². The summed E-state index contributed by atoms with van der Waals surface area (Å²) in [4.78, 5) is 26.3. The van der Waals surface area contributed by atoms with Gasteiger partial charge in [-0.2, -0.15) is 0 Å². The molecule has 9 nitrogen and oxygen atoms in total. The van der Waals surface area contributed by atoms with Gasteiger partial charge in [-0.1, -0.05) is 35.9 Å². The largest absolute Gasteiger partial charge is 0.489 e. The summed E-state index contributed by atoms with van der Waals surface area (Å²) in [5.41, 5.74) is 0.0304. The van der Waals surface area contributed by atoms with Crippen LogP contribution in [0, 0.1) is 5.92 Å². The second-order valence-corrected chi connectivity index (χ2v) is 14.3. The first-order chi connectivity index (χ1) is 18.0. The van der Waals surface area contributed by atoms with E-state index in [1.165, 1.54) is 0 Å². The molecule has 0 spiro atoms. The van der Waals surface area contributed by atoms with E-state index < -0.39 is 45.5 Å². The molecule has 1 aromatic rings. The van der Waals surface area contributed by atoms with Crippen molar-refractivity contribution < 1.29 is 28.4 Å². The number of benzene rings is 1. The lowest BCUT2D eigenvalue weighted by Gasteiger charge is -2.38. The van der Waals surface area contributed by atoms with Gasteiger partial charge in [0.05, 0.1) is 38.4 Å². The minimum atomic E-state index is -1.41. The first-order valence-electron chi connectivity index (χ1n) is 12.9. The number of hydrogen-bond acceptors (Lipinski definition) is 6. The van der Waals surface area contributed by atoms with Crippen LogP contribution in [0.1, 0.15) is 66.0 Å². The standard InChI is InChI=1S/C27H41Cl2N3O6S/c1-8-13-37-22-15-20(29)19(28)14-18(22)23(31-39(36)27(5,6)7)17-9-11-32(12-10-17)24(34)21(33)16-30-25(35)38-26(2,3)4/h8,14-15,17,21,23,31,33H,1,9-13,16H2,2-7H3,(H,30,35)/t21?,23-,39+/m1/s1. The molecule has 3 atom stereocenters. The van der Waals surface area contributed by atoms with Crippen LogP contribution in [0.2, 0.25) is 10.0 Å². The maximum Gasteiger partial charge on any atom is 0.407 e. The van der Waals surface area contributed by atoms with Crippen LogP contribution in [0.5, 0.6) is 5.75 Å². The maximum absolute atomic E-state index is 13.2. The first kappa shape index (κ1) is 33.4. The molecule has 1 aliphatic rings.